The number of ether oxygens (including phenoxy) is 3. The molecule has 0 saturated carbocycles. The Morgan fingerprint density at radius 3 is 2.70 bits per heavy atom. The molecule has 0 unspecified atom stereocenters. The first kappa shape index (κ1) is 15.4. The number of aliphatic hydroxyl groups is 1. The molecule has 0 aliphatic carbocycles. The van der Waals surface area contributed by atoms with Gasteiger partial charge in [-0.25, -0.2) is 0 Å². The summed E-state index contributed by atoms with van der Waals surface area (Å²) in [7, 11) is 0. The lowest BCUT2D eigenvalue weighted by Crippen LogP contribution is -2.19. The molecule has 4 nitrogen and oxygen atoms in total. The smallest absolute Gasteiger partial charge is 0.204 e. The van der Waals surface area contributed by atoms with Crippen molar-refractivity contribution >= 4 is 0 Å². The van der Waals surface area contributed by atoms with Crippen molar-refractivity contribution in [3.8, 4) is 17.2 Å². The molecule has 0 radical (unpaired) electrons. The van der Waals surface area contributed by atoms with E-state index in [0.29, 0.717) is 25.4 Å². The highest BCUT2D eigenvalue weighted by molar-refractivity contribution is 5.45. The van der Waals surface area contributed by atoms with Crippen LogP contribution in [0.15, 0.2) is 61.2 Å². The van der Waals surface area contributed by atoms with Crippen LogP contribution in [0.4, 0.5) is 0 Å². The fourth-order valence-electron chi connectivity index (χ4n) is 2.65. The molecule has 0 bridgehead atoms. The summed E-state index contributed by atoms with van der Waals surface area (Å²) < 4.78 is 16.8. The van der Waals surface area contributed by atoms with E-state index in [1.165, 1.54) is 0 Å². The van der Waals surface area contributed by atoms with E-state index in [-0.39, 0.29) is 5.92 Å². The SMILES string of the molecule is C=CCOc1ccc2c(c1)[C@@H](CCOc1ccccc1)[C@@H](O)O2. The van der Waals surface area contributed by atoms with Crippen LogP contribution in [0, 0.1) is 0 Å². The van der Waals surface area contributed by atoms with Crippen molar-refractivity contribution < 1.29 is 19.3 Å². The summed E-state index contributed by atoms with van der Waals surface area (Å²) in [4.78, 5) is 0. The molecule has 120 valence electrons. The molecule has 0 fully saturated rings. The summed E-state index contributed by atoms with van der Waals surface area (Å²) >= 11 is 0. The van der Waals surface area contributed by atoms with E-state index in [2.05, 4.69) is 6.58 Å². The molecule has 1 N–H and O–H groups in total. The van der Waals surface area contributed by atoms with Gasteiger partial charge in [-0.05, 0) is 36.8 Å². The summed E-state index contributed by atoms with van der Waals surface area (Å²) in [5.74, 6) is 2.15. The lowest BCUT2D eigenvalue weighted by molar-refractivity contribution is -0.0222. The quantitative estimate of drug-likeness (QED) is 0.795. The molecule has 1 aliphatic rings. The van der Waals surface area contributed by atoms with Crippen molar-refractivity contribution in [2.45, 2.75) is 18.6 Å². The molecule has 0 aromatic heterocycles. The van der Waals surface area contributed by atoms with Crippen molar-refractivity contribution in [3.05, 3.63) is 66.7 Å². The second-order valence-electron chi connectivity index (χ2n) is 5.36. The highest BCUT2D eigenvalue weighted by Crippen LogP contribution is 2.41. The van der Waals surface area contributed by atoms with Crippen LogP contribution in [0.3, 0.4) is 0 Å². The normalized spacial score (nSPS) is 18.8. The summed E-state index contributed by atoms with van der Waals surface area (Å²) in [6.45, 7) is 4.59. The Balaban J connectivity index is 1.65. The van der Waals surface area contributed by atoms with Gasteiger partial charge in [0.2, 0.25) is 6.29 Å². The Labute approximate surface area is 135 Å². The molecule has 0 saturated heterocycles. The summed E-state index contributed by atoms with van der Waals surface area (Å²) in [5.41, 5.74) is 0.954. The van der Waals surface area contributed by atoms with Crippen molar-refractivity contribution in [2.24, 2.45) is 0 Å². The average Bonchev–Trinajstić information content (AvgIpc) is 2.89. The zero-order chi connectivity index (χ0) is 16.1. The highest BCUT2D eigenvalue weighted by Gasteiger charge is 2.33. The van der Waals surface area contributed by atoms with E-state index in [1.807, 2.05) is 48.5 Å². The third kappa shape index (κ3) is 3.66. The van der Waals surface area contributed by atoms with Crippen LogP contribution in [0.25, 0.3) is 0 Å². The van der Waals surface area contributed by atoms with E-state index in [4.69, 9.17) is 14.2 Å². The largest absolute Gasteiger partial charge is 0.494 e. The van der Waals surface area contributed by atoms with Gasteiger partial charge in [0.1, 0.15) is 23.9 Å². The van der Waals surface area contributed by atoms with Crippen molar-refractivity contribution in [3.63, 3.8) is 0 Å². The van der Waals surface area contributed by atoms with Crippen LogP contribution >= 0.6 is 0 Å². The summed E-state index contributed by atoms with van der Waals surface area (Å²) in [6.07, 6.45) is 1.51. The molecule has 0 amide bonds. The molecule has 2 aromatic carbocycles. The Morgan fingerprint density at radius 2 is 1.91 bits per heavy atom. The summed E-state index contributed by atoms with van der Waals surface area (Å²) in [5, 5.41) is 10.1. The lowest BCUT2D eigenvalue weighted by atomic mass is 9.97. The molecular formula is C19H20O4. The molecule has 1 aliphatic heterocycles. The lowest BCUT2D eigenvalue weighted by Gasteiger charge is -2.14. The Morgan fingerprint density at radius 1 is 1.09 bits per heavy atom. The van der Waals surface area contributed by atoms with Crippen LogP contribution < -0.4 is 14.2 Å². The van der Waals surface area contributed by atoms with E-state index in [9.17, 15) is 5.11 Å². The standard InChI is InChI=1S/C19H20O4/c1-2-11-21-15-8-9-18-17(13-15)16(19(20)23-18)10-12-22-14-6-4-3-5-7-14/h2-9,13,16,19-20H,1,10-12H2/t16-,19+/m1/s1. The second-order valence-corrected chi connectivity index (χ2v) is 5.36. The minimum absolute atomic E-state index is 0.124. The van der Waals surface area contributed by atoms with Crippen molar-refractivity contribution in [1.29, 1.82) is 0 Å². The molecular weight excluding hydrogens is 292 g/mol. The van der Waals surface area contributed by atoms with Crippen LogP contribution in [0.5, 0.6) is 17.2 Å². The van der Waals surface area contributed by atoms with Gasteiger partial charge >= 0.3 is 0 Å². The third-order valence-corrected chi connectivity index (χ3v) is 3.78. The van der Waals surface area contributed by atoms with Crippen LogP contribution in [-0.4, -0.2) is 24.6 Å². The maximum atomic E-state index is 10.1. The number of rotatable bonds is 7. The van der Waals surface area contributed by atoms with Crippen LogP contribution in [-0.2, 0) is 0 Å². The van der Waals surface area contributed by atoms with Gasteiger partial charge in [0.05, 0.1) is 12.5 Å². The van der Waals surface area contributed by atoms with Crippen LogP contribution in [0.1, 0.15) is 17.9 Å². The van der Waals surface area contributed by atoms with E-state index in [1.54, 1.807) is 6.08 Å². The first-order valence-electron chi connectivity index (χ1n) is 7.68. The van der Waals surface area contributed by atoms with Gasteiger partial charge in [0, 0.05) is 5.56 Å². The first-order valence-corrected chi connectivity index (χ1v) is 7.68. The number of aliphatic hydroxyl groups excluding tert-OH is 1. The maximum absolute atomic E-state index is 10.1. The zero-order valence-corrected chi connectivity index (χ0v) is 12.9. The number of hydrogen-bond donors (Lipinski definition) is 1. The van der Waals surface area contributed by atoms with Gasteiger partial charge in [-0.1, -0.05) is 30.9 Å². The maximum Gasteiger partial charge on any atom is 0.204 e. The van der Waals surface area contributed by atoms with Crippen molar-refractivity contribution in [2.75, 3.05) is 13.2 Å². The van der Waals surface area contributed by atoms with Gasteiger partial charge in [-0.3, -0.25) is 0 Å². The van der Waals surface area contributed by atoms with Gasteiger partial charge in [-0.2, -0.15) is 0 Å². The highest BCUT2D eigenvalue weighted by atomic mass is 16.6. The fourth-order valence-corrected chi connectivity index (χ4v) is 2.65. The van der Waals surface area contributed by atoms with Crippen LogP contribution in [0.2, 0.25) is 0 Å². The number of fused-ring (bicyclic) bond motifs is 1. The molecule has 2 atom stereocenters. The van der Waals surface area contributed by atoms with E-state index in [0.717, 1.165) is 17.1 Å². The van der Waals surface area contributed by atoms with Gasteiger partial charge in [0.15, 0.2) is 0 Å². The van der Waals surface area contributed by atoms with Gasteiger partial charge in [0.25, 0.3) is 0 Å². The van der Waals surface area contributed by atoms with Crippen molar-refractivity contribution in [1.82, 2.24) is 0 Å². The summed E-state index contributed by atoms with van der Waals surface area (Å²) in [6, 6.07) is 15.2. The molecule has 1 heterocycles. The minimum Gasteiger partial charge on any atom is -0.494 e. The topological polar surface area (TPSA) is 47.9 Å². The van der Waals surface area contributed by atoms with E-state index >= 15 is 0 Å². The van der Waals surface area contributed by atoms with Gasteiger partial charge in [-0.15, -0.1) is 0 Å². The monoisotopic (exact) mass is 312 g/mol. The average molecular weight is 312 g/mol. The Hall–Kier alpha value is -2.46. The first-order chi connectivity index (χ1) is 11.3. The molecule has 4 heteroatoms. The van der Waals surface area contributed by atoms with Gasteiger partial charge < -0.3 is 19.3 Å². The third-order valence-electron chi connectivity index (χ3n) is 3.78. The molecule has 3 rings (SSSR count). The zero-order valence-electron chi connectivity index (χ0n) is 12.9. The second kappa shape index (κ2) is 7.20. The predicted molar refractivity (Wildman–Crippen MR) is 88.1 cm³/mol. The number of hydrogen-bond acceptors (Lipinski definition) is 4. The molecule has 0 spiro atoms. The predicted octanol–water partition coefficient (Wildman–Crippen LogP) is 3.51. The molecule has 23 heavy (non-hydrogen) atoms. The Bertz CT molecular complexity index is 654. The minimum atomic E-state index is -0.848. The number of para-hydroxylation sites is 1. The fraction of sp³-hybridized carbons (Fsp3) is 0.263. The number of benzene rings is 2. The van der Waals surface area contributed by atoms with E-state index < -0.39 is 6.29 Å². The Kier molecular flexibility index (Phi) is 4.83. The molecule has 2 aromatic rings.